The number of nitrogens with two attached hydrogens (primary N) is 1. The van der Waals surface area contributed by atoms with E-state index in [0.717, 1.165) is 11.7 Å². The molecule has 0 amide bonds. The van der Waals surface area contributed by atoms with E-state index < -0.39 is 0 Å². The Morgan fingerprint density at radius 3 is 2.81 bits per heavy atom. The Balaban J connectivity index is 2.36. The maximum absolute atomic E-state index is 5.67. The molecule has 3 N–H and O–H groups in total. The van der Waals surface area contributed by atoms with Gasteiger partial charge in [0.25, 0.3) is 0 Å². The Morgan fingerprint density at radius 1 is 1.31 bits per heavy atom. The molecule has 0 spiro atoms. The highest BCUT2D eigenvalue weighted by molar-refractivity contribution is 7.99. The van der Waals surface area contributed by atoms with Crippen LogP contribution in [0.3, 0.4) is 0 Å². The third-order valence-electron chi connectivity index (χ3n) is 2.96. The van der Waals surface area contributed by atoms with Crippen molar-refractivity contribution in [1.29, 1.82) is 0 Å². The van der Waals surface area contributed by atoms with Crippen molar-refractivity contribution >= 4 is 11.8 Å². The summed E-state index contributed by atoms with van der Waals surface area (Å²) in [6, 6.07) is 0.391. The number of hydrogen-bond donors (Lipinski definition) is 2. The largest absolute Gasteiger partial charge is 0.271 e. The molecular formula is C13H26N2S. The van der Waals surface area contributed by atoms with Crippen molar-refractivity contribution in [2.75, 3.05) is 11.5 Å². The minimum absolute atomic E-state index is 0.391. The van der Waals surface area contributed by atoms with Gasteiger partial charge in [0, 0.05) is 5.75 Å². The molecule has 0 saturated heterocycles. The number of hydrogen-bond acceptors (Lipinski definition) is 3. The van der Waals surface area contributed by atoms with Crippen molar-refractivity contribution in [1.82, 2.24) is 5.43 Å². The fourth-order valence-corrected chi connectivity index (χ4v) is 3.19. The number of nitrogens with one attached hydrogen (secondary N) is 1. The Hall–Kier alpha value is 0.0100. The molecule has 94 valence electrons. The van der Waals surface area contributed by atoms with Gasteiger partial charge in [-0.2, -0.15) is 11.8 Å². The van der Waals surface area contributed by atoms with E-state index >= 15 is 0 Å². The molecule has 1 unspecified atom stereocenters. The summed E-state index contributed by atoms with van der Waals surface area (Å²) in [6.45, 7) is 4.53. The zero-order chi connectivity index (χ0) is 11.8. The molecule has 0 radical (unpaired) electrons. The number of thioether (sulfide) groups is 1. The third-order valence-corrected chi connectivity index (χ3v) is 4.43. The van der Waals surface area contributed by atoms with Crippen molar-refractivity contribution < 1.29 is 0 Å². The second-order valence-electron chi connectivity index (χ2n) is 5.03. The number of rotatable bonds is 6. The standard InChI is InChI=1S/C13H26N2S/c1-11(2)9-16-10-13(15-14)12-7-5-3-4-6-8-12/h7,11,13,15H,3-6,8-10,14H2,1-2H3. The number of hydrazine groups is 1. The Morgan fingerprint density at radius 2 is 2.12 bits per heavy atom. The minimum Gasteiger partial charge on any atom is -0.271 e. The average Bonchev–Trinajstić information content (AvgIpc) is 2.52. The van der Waals surface area contributed by atoms with Gasteiger partial charge in [-0.1, -0.05) is 31.9 Å². The molecule has 0 aromatic carbocycles. The van der Waals surface area contributed by atoms with Crippen LogP contribution in [0.5, 0.6) is 0 Å². The molecule has 0 bridgehead atoms. The van der Waals surface area contributed by atoms with E-state index in [1.54, 1.807) is 0 Å². The molecule has 3 heteroatoms. The molecular weight excluding hydrogens is 216 g/mol. The van der Waals surface area contributed by atoms with Crippen LogP contribution in [0.25, 0.3) is 0 Å². The molecule has 0 heterocycles. The van der Waals surface area contributed by atoms with Crippen LogP contribution in [0.15, 0.2) is 11.6 Å². The lowest BCUT2D eigenvalue weighted by molar-refractivity contribution is 0.610. The van der Waals surface area contributed by atoms with Gasteiger partial charge >= 0.3 is 0 Å². The lowest BCUT2D eigenvalue weighted by Crippen LogP contribution is -2.38. The maximum atomic E-state index is 5.67. The topological polar surface area (TPSA) is 38.0 Å². The van der Waals surface area contributed by atoms with Gasteiger partial charge in [-0.15, -0.1) is 0 Å². The fourth-order valence-electron chi connectivity index (χ4n) is 2.04. The Bertz CT molecular complexity index is 214. The van der Waals surface area contributed by atoms with Crippen LogP contribution in [0.1, 0.15) is 46.0 Å². The summed E-state index contributed by atoms with van der Waals surface area (Å²) in [5.74, 6) is 8.78. The normalized spacial score (nSPS) is 19.4. The molecule has 1 atom stereocenters. The summed E-state index contributed by atoms with van der Waals surface area (Å²) in [7, 11) is 0. The van der Waals surface area contributed by atoms with Crippen LogP contribution in [0.4, 0.5) is 0 Å². The molecule has 1 aliphatic rings. The van der Waals surface area contributed by atoms with Gasteiger partial charge < -0.3 is 0 Å². The minimum atomic E-state index is 0.391. The lowest BCUT2D eigenvalue weighted by atomic mass is 10.0. The first-order valence-electron chi connectivity index (χ1n) is 6.47. The zero-order valence-electron chi connectivity index (χ0n) is 10.7. The second kappa shape index (κ2) is 8.15. The highest BCUT2D eigenvalue weighted by Gasteiger charge is 2.14. The molecule has 1 aliphatic carbocycles. The van der Waals surface area contributed by atoms with E-state index in [0.29, 0.717) is 6.04 Å². The maximum Gasteiger partial charge on any atom is 0.0510 e. The predicted octanol–water partition coefficient (Wildman–Crippen LogP) is 3.10. The van der Waals surface area contributed by atoms with Crippen molar-refractivity contribution in [3.05, 3.63) is 11.6 Å². The van der Waals surface area contributed by atoms with Gasteiger partial charge in [0.15, 0.2) is 0 Å². The first-order chi connectivity index (χ1) is 7.74. The van der Waals surface area contributed by atoms with Crippen LogP contribution in [-0.4, -0.2) is 17.5 Å². The van der Waals surface area contributed by atoms with Gasteiger partial charge in [0.2, 0.25) is 0 Å². The Kier molecular flexibility index (Phi) is 7.17. The van der Waals surface area contributed by atoms with Crippen LogP contribution >= 0.6 is 11.8 Å². The molecule has 0 fully saturated rings. The quantitative estimate of drug-likeness (QED) is 0.427. The Labute approximate surface area is 104 Å². The third kappa shape index (κ3) is 5.37. The smallest absolute Gasteiger partial charge is 0.0510 e. The van der Waals surface area contributed by atoms with E-state index in [-0.39, 0.29) is 0 Å². The summed E-state index contributed by atoms with van der Waals surface area (Å²) in [5.41, 5.74) is 4.52. The van der Waals surface area contributed by atoms with Crippen molar-refractivity contribution in [3.8, 4) is 0 Å². The van der Waals surface area contributed by atoms with Gasteiger partial charge in [-0.05, 0) is 37.4 Å². The van der Waals surface area contributed by atoms with E-state index in [2.05, 4.69) is 25.3 Å². The molecule has 0 aromatic rings. The second-order valence-corrected chi connectivity index (χ2v) is 6.10. The molecule has 0 aliphatic heterocycles. The lowest BCUT2D eigenvalue weighted by Gasteiger charge is -2.19. The highest BCUT2D eigenvalue weighted by atomic mass is 32.2. The van der Waals surface area contributed by atoms with Gasteiger partial charge in [0.1, 0.15) is 0 Å². The van der Waals surface area contributed by atoms with Gasteiger partial charge in [-0.3, -0.25) is 11.3 Å². The van der Waals surface area contributed by atoms with Gasteiger partial charge in [0.05, 0.1) is 6.04 Å². The monoisotopic (exact) mass is 242 g/mol. The average molecular weight is 242 g/mol. The van der Waals surface area contributed by atoms with Crippen LogP contribution in [-0.2, 0) is 0 Å². The molecule has 0 saturated carbocycles. The highest BCUT2D eigenvalue weighted by Crippen LogP contribution is 2.22. The van der Waals surface area contributed by atoms with Crippen LogP contribution in [0.2, 0.25) is 0 Å². The van der Waals surface area contributed by atoms with E-state index in [9.17, 15) is 0 Å². The van der Waals surface area contributed by atoms with Crippen molar-refractivity contribution in [3.63, 3.8) is 0 Å². The van der Waals surface area contributed by atoms with Crippen molar-refractivity contribution in [2.45, 2.75) is 52.0 Å². The SMILES string of the molecule is CC(C)CSCC(NN)C1=CCCCCC1. The van der Waals surface area contributed by atoms with Crippen molar-refractivity contribution in [2.24, 2.45) is 11.8 Å². The molecule has 2 nitrogen and oxygen atoms in total. The zero-order valence-corrected chi connectivity index (χ0v) is 11.5. The van der Waals surface area contributed by atoms with E-state index in [1.165, 1.54) is 43.4 Å². The van der Waals surface area contributed by atoms with E-state index in [4.69, 9.17) is 5.84 Å². The summed E-state index contributed by atoms with van der Waals surface area (Å²) in [5, 5.41) is 0. The summed E-state index contributed by atoms with van der Waals surface area (Å²) >= 11 is 2.01. The van der Waals surface area contributed by atoms with E-state index in [1.807, 2.05) is 11.8 Å². The number of allylic oxidation sites excluding steroid dienone is 1. The van der Waals surface area contributed by atoms with Crippen LogP contribution < -0.4 is 11.3 Å². The fraction of sp³-hybridized carbons (Fsp3) is 0.846. The summed E-state index contributed by atoms with van der Waals surface area (Å²) in [4.78, 5) is 0. The molecule has 1 rings (SSSR count). The molecule has 0 aromatic heterocycles. The predicted molar refractivity (Wildman–Crippen MR) is 74.4 cm³/mol. The van der Waals surface area contributed by atoms with Crippen LogP contribution in [0, 0.1) is 5.92 Å². The molecule has 16 heavy (non-hydrogen) atoms. The van der Waals surface area contributed by atoms with Gasteiger partial charge in [-0.25, -0.2) is 0 Å². The first kappa shape index (κ1) is 14.1. The summed E-state index contributed by atoms with van der Waals surface area (Å²) in [6.07, 6.45) is 8.93. The summed E-state index contributed by atoms with van der Waals surface area (Å²) < 4.78 is 0. The first-order valence-corrected chi connectivity index (χ1v) is 7.62.